The van der Waals surface area contributed by atoms with Crippen LogP contribution in [0.4, 0.5) is 0 Å². The molecule has 27 heavy (non-hydrogen) atoms. The van der Waals surface area contributed by atoms with Gasteiger partial charge in [0, 0.05) is 30.1 Å². The van der Waals surface area contributed by atoms with Crippen LogP contribution in [0.25, 0.3) is 4.85 Å². The first-order valence-electron chi connectivity index (χ1n) is 10.4. The maximum atomic E-state index is 12.0. The van der Waals surface area contributed by atoms with Crippen molar-refractivity contribution in [3.63, 3.8) is 0 Å². The zero-order chi connectivity index (χ0) is 19.0. The minimum absolute atomic E-state index is 0.0556. The van der Waals surface area contributed by atoms with E-state index < -0.39 is 0 Å². The quantitative estimate of drug-likeness (QED) is 0.363. The molecule has 0 aromatic carbocycles. The molecule has 0 radical (unpaired) electrons. The van der Waals surface area contributed by atoms with Gasteiger partial charge in [-0.15, -0.1) is 0 Å². The van der Waals surface area contributed by atoms with E-state index in [1.807, 2.05) is 6.08 Å². The number of rotatable bonds is 0. The van der Waals surface area contributed by atoms with Crippen LogP contribution in [0.2, 0.25) is 0 Å². The van der Waals surface area contributed by atoms with Crippen molar-refractivity contribution in [2.24, 2.45) is 22.7 Å². The van der Waals surface area contributed by atoms with E-state index >= 15 is 0 Å². The molecule has 5 rings (SSSR count). The Morgan fingerprint density at radius 1 is 1.19 bits per heavy atom. The van der Waals surface area contributed by atoms with E-state index in [0.717, 1.165) is 32.1 Å². The summed E-state index contributed by atoms with van der Waals surface area (Å²) in [6, 6.07) is -0.0987. The van der Waals surface area contributed by atoms with Gasteiger partial charge >= 0.3 is 5.97 Å². The molecule has 1 spiro atoms. The van der Waals surface area contributed by atoms with E-state index in [1.165, 1.54) is 11.1 Å². The second-order valence-corrected chi connectivity index (χ2v) is 9.79. The summed E-state index contributed by atoms with van der Waals surface area (Å²) in [4.78, 5) is 28.0. The summed E-state index contributed by atoms with van der Waals surface area (Å²) in [5.74, 6) is 0.775. The van der Waals surface area contributed by atoms with Crippen LogP contribution in [0, 0.1) is 29.2 Å². The molecule has 0 N–H and O–H groups in total. The number of allylic oxidation sites excluding steroid dienone is 2. The molecule has 0 aromatic heterocycles. The Morgan fingerprint density at radius 3 is 2.70 bits per heavy atom. The first-order chi connectivity index (χ1) is 12.8. The van der Waals surface area contributed by atoms with Gasteiger partial charge in [0.25, 0.3) is 0 Å². The maximum absolute atomic E-state index is 12.0. The Kier molecular flexibility index (Phi) is 3.41. The summed E-state index contributed by atoms with van der Waals surface area (Å²) >= 11 is 0. The van der Waals surface area contributed by atoms with E-state index in [1.54, 1.807) is 0 Å². The molecule has 1 heterocycles. The van der Waals surface area contributed by atoms with Gasteiger partial charge in [-0.05, 0) is 49.7 Å². The average Bonchev–Trinajstić information content (AvgIpc) is 3.16. The zero-order valence-electron chi connectivity index (χ0n) is 16.2. The van der Waals surface area contributed by atoms with Crippen molar-refractivity contribution in [2.75, 3.05) is 0 Å². The minimum atomic E-state index is -0.330. The second-order valence-electron chi connectivity index (χ2n) is 9.79. The molecule has 6 atom stereocenters. The Labute approximate surface area is 160 Å². The maximum Gasteiger partial charge on any atom is 0.306 e. The van der Waals surface area contributed by atoms with Crippen LogP contribution in [0.1, 0.15) is 65.2 Å². The summed E-state index contributed by atoms with van der Waals surface area (Å²) < 4.78 is 5.98. The lowest BCUT2D eigenvalue weighted by atomic mass is 9.49. The van der Waals surface area contributed by atoms with E-state index in [0.29, 0.717) is 25.2 Å². The van der Waals surface area contributed by atoms with Gasteiger partial charge in [-0.1, -0.05) is 25.5 Å². The predicted octanol–water partition coefficient (Wildman–Crippen LogP) is 4.41. The van der Waals surface area contributed by atoms with Crippen molar-refractivity contribution >= 4 is 11.8 Å². The van der Waals surface area contributed by atoms with Gasteiger partial charge in [0.1, 0.15) is 5.60 Å². The van der Waals surface area contributed by atoms with E-state index in [9.17, 15) is 9.59 Å². The summed E-state index contributed by atoms with van der Waals surface area (Å²) in [5, 5.41) is 0. The summed E-state index contributed by atoms with van der Waals surface area (Å²) in [5.41, 5.74) is 2.10. The van der Waals surface area contributed by atoms with Crippen LogP contribution in [0.5, 0.6) is 0 Å². The van der Waals surface area contributed by atoms with Crippen molar-refractivity contribution in [1.82, 2.24) is 0 Å². The number of carbonyl (C=O) groups is 2. The molecule has 3 fully saturated rings. The number of hydrogen-bond donors (Lipinski definition) is 0. The number of carbonyl (C=O) groups excluding carboxylic acids is 2. The lowest BCUT2D eigenvalue weighted by Crippen LogP contribution is -2.53. The Hall–Kier alpha value is -1.89. The number of fused-ring (bicyclic) bond motifs is 6. The molecule has 4 nitrogen and oxygen atoms in total. The second kappa shape index (κ2) is 5.34. The van der Waals surface area contributed by atoms with Crippen molar-refractivity contribution in [3.05, 3.63) is 34.7 Å². The fraction of sp³-hybridized carbons (Fsp3) is 0.696. The highest BCUT2D eigenvalue weighted by Crippen LogP contribution is 2.68. The van der Waals surface area contributed by atoms with Crippen LogP contribution in [-0.2, 0) is 14.3 Å². The van der Waals surface area contributed by atoms with Crippen LogP contribution in [0.3, 0.4) is 0 Å². The minimum Gasteiger partial charge on any atom is -0.458 e. The summed E-state index contributed by atoms with van der Waals surface area (Å²) in [7, 11) is 0. The molecule has 0 bridgehead atoms. The Balaban J connectivity index is 1.62. The number of ether oxygens (including phenoxy) is 1. The number of hydrogen-bond acceptors (Lipinski definition) is 3. The van der Waals surface area contributed by atoms with Gasteiger partial charge < -0.3 is 9.58 Å². The van der Waals surface area contributed by atoms with E-state index in [2.05, 4.69) is 24.8 Å². The SMILES string of the molecule is [C-]#[N+][C@@H]1CC2=CC(=O)CC[C@]2(C)C2=CC[C@@]3(C)C(CC[C@@]34CCC(=O)O4)C21. The van der Waals surface area contributed by atoms with Gasteiger partial charge in [0.2, 0.25) is 6.04 Å². The molecule has 1 aliphatic heterocycles. The fourth-order valence-electron chi connectivity index (χ4n) is 7.24. The van der Waals surface area contributed by atoms with E-state index in [-0.39, 0.29) is 40.1 Å². The Morgan fingerprint density at radius 2 is 2.00 bits per heavy atom. The molecule has 2 saturated carbocycles. The average molecular weight is 365 g/mol. The van der Waals surface area contributed by atoms with Crippen molar-refractivity contribution in [2.45, 2.75) is 76.9 Å². The predicted molar refractivity (Wildman–Crippen MR) is 101 cm³/mol. The fourth-order valence-corrected chi connectivity index (χ4v) is 7.24. The molecule has 5 aliphatic rings. The van der Waals surface area contributed by atoms with Gasteiger partial charge in [-0.2, -0.15) is 0 Å². The lowest BCUT2D eigenvalue weighted by Gasteiger charge is -2.54. The smallest absolute Gasteiger partial charge is 0.306 e. The highest BCUT2D eigenvalue weighted by molar-refractivity contribution is 5.92. The zero-order valence-corrected chi connectivity index (χ0v) is 16.2. The highest BCUT2D eigenvalue weighted by atomic mass is 16.6. The van der Waals surface area contributed by atoms with Crippen molar-refractivity contribution in [1.29, 1.82) is 0 Å². The standard InChI is InChI=1S/C23H27NO3/c1-21-8-4-15(25)12-14(21)13-18(24-3)20-16(21)5-9-22(2)17(20)6-10-23(22)11-7-19(26)27-23/h5,12,17-18,20H,4,6-11,13H2,1-2H3/t17?,18-,20?,21+,22+,23-/m1/s1. The number of ketones is 1. The van der Waals surface area contributed by atoms with Crippen molar-refractivity contribution in [3.8, 4) is 0 Å². The third-order valence-corrected chi connectivity index (χ3v) is 8.86. The third kappa shape index (κ3) is 2.03. The monoisotopic (exact) mass is 365 g/mol. The van der Waals surface area contributed by atoms with E-state index in [4.69, 9.17) is 11.3 Å². The molecule has 1 saturated heterocycles. The molecule has 2 unspecified atom stereocenters. The number of esters is 1. The molecule has 0 amide bonds. The first kappa shape index (κ1) is 17.2. The van der Waals surface area contributed by atoms with Gasteiger partial charge in [-0.3, -0.25) is 9.59 Å². The topological polar surface area (TPSA) is 47.7 Å². The van der Waals surface area contributed by atoms with Crippen molar-refractivity contribution < 1.29 is 14.3 Å². The first-order valence-corrected chi connectivity index (χ1v) is 10.4. The molecular weight excluding hydrogens is 338 g/mol. The molecule has 0 aromatic rings. The van der Waals surface area contributed by atoms with Gasteiger partial charge in [-0.25, -0.2) is 6.57 Å². The lowest BCUT2D eigenvalue weighted by molar-refractivity contribution is -0.160. The van der Waals surface area contributed by atoms with Crippen LogP contribution >= 0.6 is 0 Å². The van der Waals surface area contributed by atoms with Crippen LogP contribution < -0.4 is 0 Å². The summed E-state index contributed by atoms with van der Waals surface area (Å²) in [6.07, 6.45) is 10.6. The van der Waals surface area contributed by atoms with Gasteiger partial charge in [0.15, 0.2) is 5.78 Å². The van der Waals surface area contributed by atoms with Gasteiger partial charge in [0.05, 0.1) is 5.92 Å². The van der Waals surface area contributed by atoms with Crippen LogP contribution in [-0.4, -0.2) is 23.4 Å². The third-order valence-electron chi connectivity index (χ3n) is 8.86. The Bertz CT molecular complexity index is 848. The normalized spacial score (nSPS) is 48.1. The van der Waals surface area contributed by atoms with Crippen LogP contribution in [0.15, 0.2) is 23.3 Å². The molecule has 142 valence electrons. The highest BCUT2D eigenvalue weighted by Gasteiger charge is 2.67. The molecule has 4 heteroatoms. The summed E-state index contributed by atoms with van der Waals surface area (Å²) in [6.45, 7) is 12.5. The molecule has 4 aliphatic carbocycles. The largest absolute Gasteiger partial charge is 0.458 e. The molecular formula is C23H27NO3. The number of nitrogens with zero attached hydrogens (tertiary/aromatic N) is 1.